The zero-order valence-electron chi connectivity index (χ0n) is 11.2. The molecule has 0 bridgehead atoms. The first kappa shape index (κ1) is 14.0. The molecule has 0 unspecified atom stereocenters. The molecule has 1 aromatic carbocycles. The summed E-state index contributed by atoms with van der Waals surface area (Å²) in [4.78, 5) is 9.46. The Morgan fingerprint density at radius 1 is 1.30 bits per heavy atom. The van der Waals surface area contributed by atoms with Crippen LogP contribution >= 0.6 is 27.5 Å². The number of halogens is 2. The van der Waals surface area contributed by atoms with Gasteiger partial charge in [-0.2, -0.15) is 0 Å². The highest BCUT2D eigenvalue weighted by Crippen LogP contribution is 2.29. The standard InChI is InChI=1S/C15H15BrClN3/c1-2-3-13-10-7-18-8-14(10)20-15(19-13)9-4-5-12(17)11(16)6-9/h4-6,18H,2-3,7-8H2,1H3. The summed E-state index contributed by atoms with van der Waals surface area (Å²) in [6.07, 6.45) is 2.08. The van der Waals surface area contributed by atoms with E-state index in [1.165, 1.54) is 11.3 Å². The molecule has 0 saturated heterocycles. The van der Waals surface area contributed by atoms with E-state index in [9.17, 15) is 0 Å². The van der Waals surface area contributed by atoms with Crippen molar-refractivity contribution in [3.8, 4) is 11.4 Å². The van der Waals surface area contributed by atoms with Crippen molar-refractivity contribution >= 4 is 27.5 Å². The molecule has 0 atom stereocenters. The third-order valence-electron chi connectivity index (χ3n) is 3.44. The van der Waals surface area contributed by atoms with Crippen LogP contribution in [0.15, 0.2) is 22.7 Å². The Kier molecular flexibility index (Phi) is 4.06. The lowest BCUT2D eigenvalue weighted by Gasteiger charge is -2.09. The maximum absolute atomic E-state index is 6.05. The van der Waals surface area contributed by atoms with Crippen molar-refractivity contribution in [2.75, 3.05) is 0 Å². The van der Waals surface area contributed by atoms with E-state index in [4.69, 9.17) is 21.6 Å². The smallest absolute Gasteiger partial charge is 0.159 e. The van der Waals surface area contributed by atoms with Crippen LogP contribution in [0.5, 0.6) is 0 Å². The average molecular weight is 353 g/mol. The monoisotopic (exact) mass is 351 g/mol. The van der Waals surface area contributed by atoms with Gasteiger partial charge in [-0.25, -0.2) is 9.97 Å². The Balaban J connectivity index is 2.09. The molecule has 5 heteroatoms. The molecule has 0 spiro atoms. The van der Waals surface area contributed by atoms with Crippen LogP contribution in [0.25, 0.3) is 11.4 Å². The van der Waals surface area contributed by atoms with Crippen molar-refractivity contribution in [2.45, 2.75) is 32.9 Å². The summed E-state index contributed by atoms with van der Waals surface area (Å²) in [7, 11) is 0. The molecular formula is C15H15BrClN3. The van der Waals surface area contributed by atoms with Gasteiger partial charge in [0.1, 0.15) is 0 Å². The fraction of sp³-hybridized carbons (Fsp3) is 0.333. The Morgan fingerprint density at radius 3 is 2.90 bits per heavy atom. The normalized spacial score (nSPS) is 13.6. The fourth-order valence-corrected chi connectivity index (χ4v) is 2.94. The van der Waals surface area contributed by atoms with Gasteiger partial charge < -0.3 is 5.32 Å². The zero-order valence-corrected chi connectivity index (χ0v) is 13.6. The van der Waals surface area contributed by atoms with Crippen LogP contribution in [-0.2, 0) is 19.5 Å². The number of hydrogen-bond donors (Lipinski definition) is 1. The number of aromatic nitrogens is 2. The molecule has 0 aliphatic carbocycles. The Labute approximate surface area is 131 Å². The van der Waals surface area contributed by atoms with E-state index in [1.54, 1.807) is 0 Å². The number of fused-ring (bicyclic) bond motifs is 1. The average Bonchev–Trinajstić information content (AvgIpc) is 2.90. The van der Waals surface area contributed by atoms with Gasteiger partial charge in [0.25, 0.3) is 0 Å². The van der Waals surface area contributed by atoms with Crippen molar-refractivity contribution in [3.63, 3.8) is 0 Å². The van der Waals surface area contributed by atoms with Crippen LogP contribution in [0.3, 0.4) is 0 Å². The lowest BCUT2D eigenvalue weighted by molar-refractivity contribution is 0.753. The number of nitrogens with zero attached hydrogens (tertiary/aromatic N) is 2. The molecule has 1 N–H and O–H groups in total. The highest BCUT2D eigenvalue weighted by atomic mass is 79.9. The number of benzene rings is 1. The van der Waals surface area contributed by atoms with Crippen molar-refractivity contribution in [2.24, 2.45) is 0 Å². The van der Waals surface area contributed by atoms with Gasteiger partial charge in [-0.05, 0) is 40.5 Å². The van der Waals surface area contributed by atoms with Gasteiger partial charge in [-0.15, -0.1) is 0 Å². The number of nitrogens with one attached hydrogen (secondary N) is 1. The minimum Gasteiger partial charge on any atom is -0.307 e. The van der Waals surface area contributed by atoms with E-state index < -0.39 is 0 Å². The van der Waals surface area contributed by atoms with Crippen molar-refractivity contribution in [3.05, 3.63) is 44.6 Å². The first-order chi connectivity index (χ1) is 9.69. The van der Waals surface area contributed by atoms with Crippen molar-refractivity contribution < 1.29 is 0 Å². The van der Waals surface area contributed by atoms with Crippen LogP contribution < -0.4 is 5.32 Å². The molecule has 2 heterocycles. The number of aryl methyl sites for hydroxylation is 1. The third kappa shape index (κ3) is 2.60. The second-order valence-corrected chi connectivity index (χ2v) is 6.16. The molecule has 20 heavy (non-hydrogen) atoms. The molecule has 1 aliphatic heterocycles. The quantitative estimate of drug-likeness (QED) is 0.903. The number of rotatable bonds is 3. The maximum atomic E-state index is 6.05. The molecule has 0 fully saturated rings. The second-order valence-electron chi connectivity index (χ2n) is 4.90. The predicted molar refractivity (Wildman–Crippen MR) is 84.7 cm³/mol. The van der Waals surface area contributed by atoms with E-state index in [-0.39, 0.29) is 0 Å². The van der Waals surface area contributed by atoms with Crippen molar-refractivity contribution in [1.29, 1.82) is 0 Å². The van der Waals surface area contributed by atoms with Crippen molar-refractivity contribution in [1.82, 2.24) is 15.3 Å². The lowest BCUT2D eigenvalue weighted by atomic mass is 10.1. The SMILES string of the molecule is CCCc1nc(-c2ccc(Cl)c(Br)c2)nc2c1CNC2. The minimum atomic E-state index is 0.699. The summed E-state index contributed by atoms with van der Waals surface area (Å²) in [6, 6.07) is 5.81. The van der Waals surface area contributed by atoms with Crippen LogP contribution in [0.4, 0.5) is 0 Å². The first-order valence-electron chi connectivity index (χ1n) is 6.74. The minimum absolute atomic E-state index is 0.699. The van der Waals surface area contributed by atoms with Crippen LogP contribution in [0.2, 0.25) is 5.02 Å². The van der Waals surface area contributed by atoms with E-state index in [2.05, 4.69) is 28.2 Å². The number of hydrogen-bond acceptors (Lipinski definition) is 3. The Hall–Kier alpha value is -0.970. The van der Waals surface area contributed by atoms with Crippen LogP contribution in [-0.4, -0.2) is 9.97 Å². The van der Waals surface area contributed by atoms with Gasteiger partial charge in [0.15, 0.2) is 5.82 Å². The molecule has 104 valence electrons. The summed E-state index contributed by atoms with van der Waals surface area (Å²) in [6.45, 7) is 3.89. The molecule has 1 aliphatic rings. The Morgan fingerprint density at radius 2 is 2.15 bits per heavy atom. The topological polar surface area (TPSA) is 37.8 Å². The van der Waals surface area contributed by atoms with E-state index in [0.717, 1.165) is 47.5 Å². The van der Waals surface area contributed by atoms with Gasteiger partial charge in [0.2, 0.25) is 0 Å². The predicted octanol–water partition coefficient (Wildman–Crippen LogP) is 4.12. The molecule has 1 aromatic heterocycles. The van der Waals surface area contributed by atoms with Gasteiger partial charge in [0, 0.05) is 34.4 Å². The molecule has 0 radical (unpaired) electrons. The molecule has 3 rings (SSSR count). The van der Waals surface area contributed by atoms with Gasteiger partial charge in [-0.1, -0.05) is 24.9 Å². The maximum Gasteiger partial charge on any atom is 0.159 e. The highest BCUT2D eigenvalue weighted by molar-refractivity contribution is 9.10. The third-order valence-corrected chi connectivity index (χ3v) is 4.65. The largest absolute Gasteiger partial charge is 0.307 e. The molecule has 2 aromatic rings. The summed E-state index contributed by atoms with van der Waals surface area (Å²) in [5.41, 5.74) is 4.57. The van der Waals surface area contributed by atoms with E-state index in [1.807, 2.05) is 18.2 Å². The van der Waals surface area contributed by atoms with Gasteiger partial charge in [-0.3, -0.25) is 0 Å². The Bertz CT molecular complexity index is 658. The first-order valence-corrected chi connectivity index (χ1v) is 7.91. The van der Waals surface area contributed by atoms with Gasteiger partial charge in [0.05, 0.1) is 10.7 Å². The molecule has 0 saturated carbocycles. The summed E-state index contributed by atoms with van der Waals surface area (Å²) < 4.78 is 0.871. The molecular weight excluding hydrogens is 338 g/mol. The van der Waals surface area contributed by atoms with E-state index in [0.29, 0.717) is 5.02 Å². The van der Waals surface area contributed by atoms with Gasteiger partial charge >= 0.3 is 0 Å². The lowest BCUT2D eigenvalue weighted by Crippen LogP contribution is -2.03. The summed E-state index contributed by atoms with van der Waals surface area (Å²) >= 11 is 9.50. The second kappa shape index (κ2) is 5.80. The van der Waals surface area contributed by atoms with Crippen LogP contribution in [0.1, 0.15) is 30.3 Å². The fourth-order valence-electron chi connectivity index (χ4n) is 2.45. The van der Waals surface area contributed by atoms with E-state index >= 15 is 0 Å². The zero-order chi connectivity index (χ0) is 14.1. The summed E-state index contributed by atoms with van der Waals surface area (Å²) in [5, 5.41) is 4.05. The van der Waals surface area contributed by atoms with Crippen LogP contribution in [0, 0.1) is 0 Å². The molecule has 3 nitrogen and oxygen atoms in total. The molecule has 0 amide bonds. The summed E-state index contributed by atoms with van der Waals surface area (Å²) in [5.74, 6) is 0.785. The highest BCUT2D eigenvalue weighted by Gasteiger charge is 2.19.